The summed E-state index contributed by atoms with van der Waals surface area (Å²) in [5.41, 5.74) is 6.51. The molecule has 0 aromatic heterocycles. The van der Waals surface area contributed by atoms with Gasteiger partial charge in [0.05, 0.1) is 0 Å². The fraction of sp³-hybridized carbons (Fsp3) is 0.0526. The van der Waals surface area contributed by atoms with Gasteiger partial charge in [0.25, 0.3) is 0 Å². The number of benzene rings is 3. The summed E-state index contributed by atoms with van der Waals surface area (Å²) in [5, 5.41) is 2.50. The molecule has 0 aliphatic carbocycles. The molecule has 0 unspecified atom stereocenters. The quantitative estimate of drug-likeness (QED) is 0.594. The van der Waals surface area contributed by atoms with E-state index in [0.717, 1.165) is 11.4 Å². The Balaban J connectivity index is 2.05. The molecule has 0 saturated carbocycles. The molecule has 0 heterocycles. The highest BCUT2D eigenvalue weighted by atomic mass is 28.4. The topological polar surface area (TPSA) is 35.2 Å². The average molecular weight is 305 g/mol. The number of rotatable bonds is 4. The summed E-state index contributed by atoms with van der Waals surface area (Å²) in [6.45, 7) is 2.23. The Hall–Kier alpha value is -2.52. The van der Waals surface area contributed by atoms with Gasteiger partial charge in [-0.1, -0.05) is 60.7 Å². The fourth-order valence-electron chi connectivity index (χ4n) is 2.57. The predicted octanol–water partition coefficient (Wildman–Crippen LogP) is 3.04. The summed E-state index contributed by atoms with van der Waals surface area (Å²) >= 11 is 0. The molecule has 0 spiro atoms. The molecular weight excluding hydrogens is 286 g/mol. The van der Waals surface area contributed by atoms with Gasteiger partial charge in [-0.25, -0.2) is 0 Å². The molecule has 2 N–H and O–H groups in total. The van der Waals surface area contributed by atoms with E-state index >= 15 is 0 Å². The zero-order valence-corrected chi connectivity index (χ0v) is 13.6. The predicted molar refractivity (Wildman–Crippen MR) is 95.3 cm³/mol. The van der Waals surface area contributed by atoms with Crippen molar-refractivity contribution >= 4 is 24.4 Å². The van der Waals surface area contributed by atoms with Crippen LogP contribution in [0.5, 0.6) is 5.75 Å². The van der Waals surface area contributed by atoms with E-state index in [0.29, 0.717) is 0 Å². The van der Waals surface area contributed by atoms with Gasteiger partial charge in [-0.2, -0.15) is 0 Å². The number of nitrogens with two attached hydrogens (primary N) is 1. The van der Waals surface area contributed by atoms with Crippen LogP contribution in [0, 0.1) is 0 Å². The minimum absolute atomic E-state index is 0.746. The molecule has 0 amide bonds. The first-order valence-corrected chi connectivity index (χ1v) is 9.75. The SMILES string of the molecule is C[Si](Oc1ccc(N)cc1)(c1ccccc1)c1ccccc1. The molecule has 0 aliphatic rings. The van der Waals surface area contributed by atoms with Gasteiger partial charge in [-0.15, -0.1) is 0 Å². The molecule has 22 heavy (non-hydrogen) atoms. The van der Waals surface area contributed by atoms with Crippen molar-refractivity contribution < 1.29 is 4.43 Å². The van der Waals surface area contributed by atoms with E-state index in [1.165, 1.54) is 10.4 Å². The average Bonchev–Trinajstić information content (AvgIpc) is 2.58. The number of hydrogen-bond donors (Lipinski definition) is 1. The number of hydrogen-bond acceptors (Lipinski definition) is 2. The van der Waals surface area contributed by atoms with Gasteiger partial charge in [0.15, 0.2) is 0 Å². The highest BCUT2D eigenvalue weighted by Gasteiger charge is 2.35. The molecular formula is C19H19NOSi. The second-order valence-electron chi connectivity index (χ2n) is 5.44. The van der Waals surface area contributed by atoms with Gasteiger partial charge in [0.2, 0.25) is 0 Å². The largest absolute Gasteiger partial charge is 0.535 e. The van der Waals surface area contributed by atoms with Crippen molar-refractivity contribution in [2.75, 3.05) is 5.73 Å². The van der Waals surface area contributed by atoms with Crippen LogP contribution in [0.3, 0.4) is 0 Å². The Labute approximate surface area is 132 Å². The van der Waals surface area contributed by atoms with E-state index < -0.39 is 8.32 Å². The minimum Gasteiger partial charge on any atom is -0.535 e. The maximum Gasteiger partial charge on any atom is 0.311 e. The van der Waals surface area contributed by atoms with Crippen molar-refractivity contribution in [2.24, 2.45) is 0 Å². The van der Waals surface area contributed by atoms with Crippen molar-refractivity contribution in [1.82, 2.24) is 0 Å². The van der Waals surface area contributed by atoms with Gasteiger partial charge in [0, 0.05) is 5.69 Å². The third-order valence-electron chi connectivity index (χ3n) is 3.85. The second-order valence-corrected chi connectivity index (χ2v) is 8.86. The fourth-order valence-corrected chi connectivity index (χ4v) is 5.40. The molecule has 0 bridgehead atoms. The first-order chi connectivity index (χ1) is 10.7. The van der Waals surface area contributed by atoms with E-state index in [4.69, 9.17) is 10.2 Å². The molecule has 0 aliphatic heterocycles. The van der Waals surface area contributed by atoms with E-state index in [2.05, 4.69) is 55.1 Å². The molecule has 3 aromatic rings. The third kappa shape index (κ3) is 2.90. The van der Waals surface area contributed by atoms with Crippen molar-refractivity contribution in [3.8, 4) is 5.75 Å². The summed E-state index contributed by atoms with van der Waals surface area (Å²) in [6, 6.07) is 28.6. The zero-order chi connectivity index (χ0) is 15.4. The second kappa shape index (κ2) is 6.08. The highest BCUT2D eigenvalue weighted by molar-refractivity contribution is 6.97. The Kier molecular flexibility index (Phi) is 3.98. The summed E-state index contributed by atoms with van der Waals surface area (Å²) in [4.78, 5) is 0. The van der Waals surface area contributed by atoms with Crippen LogP contribution >= 0.6 is 0 Å². The van der Waals surface area contributed by atoms with Crippen LogP contribution in [0.2, 0.25) is 6.55 Å². The first-order valence-electron chi connectivity index (χ1n) is 7.34. The smallest absolute Gasteiger partial charge is 0.311 e. The maximum absolute atomic E-state index is 6.51. The molecule has 0 fully saturated rings. The molecule has 3 aromatic carbocycles. The van der Waals surface area contributed by atoms with Gasteiger partial charge in [0.1, 0.15) is 5.75 Å². The van der Waals surface area contributed by atoms with Crippen LogP contribution in [0.25, 0.3) is 0 Å². The lowest BCUT2D eigenvalue weighted by Crippen LogP contribution is -2.60. The first kappa shape index (κ1) is 14.4. The van der Waals surface area contributed by atoms with Crippen LogP contribution in [0.1, 0.15) is 0 Å². The minimum atomic E-state index is -2.30. The van der Waals surface area contributed by atoms with Gasteiger partial charge >= 0.3 is 8.32 Å². The molecule has 0 atom stereocenters. The van der Waals surface area contributed by atoms with E-state index in [1.807, 2.05) is 36.4 Å². The molecule has 0 saturated heterocycles. The van der Waals surface area contributed by atoms with Crippen molar-refractivity contribution in [3.05, 3.63) is 84.9 Å². The maximum atomic E-state index is 6.51. The Bertz CT molecular complexity index is 687. The molecule has 110 valence electrons. The van der Waals surface area contributed by atoms with Crippen LogP contribution in [-0.2, 0) is 0 Å². The molecule has 0 radical (unpaired) electrons. The van der Waals surface area contributed by atoms with E-state index in [9.17, 15) is 0 Å². The Morgan fingerprint density at radius 2 is 1.14 bits per heavy atom. The Morgan fingerprint density at radius 3 is 1.59 bits per heavy atom. The van der Waals surface area contributed by atoms with Crippen molar-refractivity contribution in [2.45, 2.75) is 6.55 Å². The lowest BCUT2D eigenvalue weighted by molar-refractivity contribution is 0.571. The third-order valence-corrected chi connectivity index (χ3v) is 7.37. The molecule has 3 heteroatoms. The Morgan fingerprint density at radius 1 is 0.682 bits per heavy atom. The standard InChI is InChI=1S/C19H19NOSi/c1-22(18-8-4-2-5-9-18,19-10-6-3-7-11-19)21-17-14-12-16(20)13-15-17/h2-15H,20H2,1H3. The van der Waals surface area contributed by atoms with Gasteiger partial charge in [-0.05, 0) is 41.2 Å². The normalized spacial score (nSPS) is 11.1. The van der Waals surface area contributed by atoms with Crippen LogP contribution < -0.4 is 20.5 Å². The summed E-state index contributed by atoms with van der Waals surface area (Å²) in [5.74, 6) is 0.857. The zero-order valence-electron chi connectivity index (χ0n) is 12.6. The van der Waals surface area contributed by atoms with Crippen molar-refractivity contribution in [1.29, 1.82) is 0 Å². The summed E-state index contributed by atoms with van der Waals surface area (Å²) in [7, 11) is -2.30. The van der Waals surface area contributed by atoms with E-state index in [-0.39, 0.29) is 0 Å². The molecule has 2 nitrogen and oxygen atoms in total. The monoisotopic (exact) mass is 305 g/mol. The number of nitrogen functional groups attached to an aromatic ring is 1. The summed E-state index contributed by atoms with van der Waals surface area (Å²) in [6.07, 6.45) is 0. The van der Waals surface area contributed by atoms with Gasteiger partial charge < -0.3 is 10.2 Å². The molecule has 3 rings (SSSR count). The highest BCUT2D eigenvalue weighted by Crippen LogP contribution is 2.18. The van der Waals surface area contributed by atoms with Crippen LogP contribution in [-0.4, -0.2) is 8.32 Å². The van der Waals surface area contributed by atoms with Crippen LogP contribution in [0.15, 0.2) is 84.9 Å². The lowest BCUT2D eigenvalue weighted by atomic mass is 10.3. The van der Waals surface area contributed by atoms with Crippen LogP contribution in [0.4, 0.5) is 5.69 Å². The lowest BCUT2D eigenvalue weighted by Gasteiger charge is -2.29. The van der Waals surface area contributed by atoms with Crippen molar-refractivity contribution in [3.63, 3.8) is 0 Å². The van der Waals surface area contributed by atoms with E-state index in [1.54, 1.807) is 0 Å². The van der Waals surface area contributed by atoms with Gasteiger partial charge in [-0.3, -0.25) is 0 Å². The summed E-state index contributed by atoms with van der Waals surface area (Å²) < 4.78 is 6.51. The number of anilines is 1.